The maximum absolute atomic E-state index is 6.26. The van der Waals surface area contributed by atoms with Gasteiger partial charge in [0.15, 0.2) is 0 Å². The Morgan fingerprint density at radius 1 is 1.37 bits per heavy atom. The van der Waals surface area contributed by atoms with Crippen LogP contribution in [0.5, 0.6) is 5.75 Å². The quantitative estimate of drug-likeness (QED) is 0.574. The molecule has 2 rings (SSSR count). The number of methoxy groups -OCH3 is 1. The fraction of sp³-hybridized carbons (Fsp3) is 0.533. The third-order valence-corrected chi connectivity index (χ3v) is 3.53. The van der Waals surface area contributed by atoms with Crippen LogP contribution in [-0.2, 0) is 6.54 Å². The lowest BCUT2D eigenvalue weighted by molar-refractivity contribution is 0.419. The van der Waals surface area contributed by atoms with Gasteiger partial charge < -0.3 is 9.30 Å². The van der Waals surface area contributed by atoms with Crippen LogP contribution in [0.4, 0.5) is 0 Å². The van der Waals surface area contributed by atoms with Gasteiger partial charge in [-0.3, -0.25) is 0 Å². The Bertz CT molecular complexity index is 548. The molecule has 4 heteroatoms. The molecule has 19 heavy (non-hydrogen) atoms. The Labute approximate surface area is 119 Å². The molecule has 0 fully saturated rings. The lowest BCUT2D eigenvalue weighted by Crippen LogP contribution is -2.04. The second-order valence-corrected chi connectivity index (χ2v) is 5.43. The van der Waals surface area contributed by atoms with E-state index in [1.165, 1.54) is 12.8 Å². The van der Waals surface area contributed by atoms with Crippen molar-refractivity contribution in [2.24, 2.45) is 0 Å². The Morgan fingerprint density at radius 2 is 2.16 bits per heavy atom. The number of rotatable bonds is 6. The van der Waals surface area contributed by atoms with Gasteiger partial charge in [-0.2, -0.15) is 0 Å². The maximum Gasteiger partial charge on any atom is 0.146 e. The van der Waals surface area contributed by atoms with E-state index in [2.05, 4.69) is 22.5 Å². The number of nitrogens with zero attached hydrogens (tertiary/aromatic N) is 2. The Morgan fingerprint density at radius 3 is 2.79 bits per heavy atom. The molecule has 0 amide bonds. The molecule has 0 aliphatic carbocycles. The van der Waals surface area contributed by atoms with Crippen LogP contribution in [0.3, 0.4) is 0 Å². The number of hydrogen-bond donors (Lipinski definition) is 0. The number of unbranched alkanes of at least 4 members (excludes halogenated alkanes) is 2. The predicted octanol–water partition coefficient (Wildman–Crippen LogP) is 4.53. The average Bonchev–Trinajstić information content (AvgIpc) is 2.78. The third-order valence-electron chi connectivity index (χ3n) is 3.33. The summed E-state index contributed by atoms with van der Waals surface area (Å²) < 4.78 is 7.61. The van der Waals surface area contributed by atoms with E-state index in [1.807, 2.05) is 19.1 Å². The number of fused-ring (bicyclic) bond motifs is 1. The lowest BCUT2D eigenvalue weighted by Gasteiger charge is -2.10. The van der Waals surface area contributed by atoms with E-state index in [4.69, 9.17) is 16.3 Å². The molecule has 0 saturated carbocycles. The molecule has 2 aromatic rings. The van der Waals surface area contributed by atoms with Crippen molar-refractivity contribution in [1.29, 1.82) is 0 Å². The van der Waals surface area contributed by atoms with Gasteiger partial charge in [0.1, 0.15) is 17.1 Å². The molecule has 0 radical (unpaired) electrons. The highest BCUT2D eigenvalue weighted by atomic mass is 35.5. The molecular formula is C15H21ClN2O. The Balaban J connectivity index is 2.48. The molecule has 0 bridgehead atoms. The zero-order valence-electron chi connectivity index (χ0n) is 11.8. The normalized spacial score (nSPS) is 12.8. The van der Waals surface area contributed by atoms with Crippen LogP contribution in [0.1, 0.15) is 44.3 Å². The van der Waals surface area contributed by atoms with Crippen molar-refractivity contribution >= 4 is 22.6 Å². The molecule has 0 saturated heterocycles. The van der Waals surface area contributed by atoms with Crippen LogP contribution in [0.25, 0.3) is 11.0 Å². The third kappa shape index (κ3) is 2.86. The first kappa shape index (κ1) is 14.2. The first-order valence-electron chi connectivity index (χ1n) is 6.86. The highest BCUT2D eigenvalue weighted by molar-refractivity contribution is 6.20. The molecule has 1 heterocycles. The number of ether oxygens (including phenoxy) is 1. The standard InChI is InChI=1S/C15H21ClN2O/c1-4-5-6-10-18-12-8-7-9-13(19-3)14(12)17-15(18)11(2)16/h7-9,11H,4-6,10H2,1-3H3. The van der Waals surface area contributed by atoms with Crippen LogP contribution in [-0.4, -0.2) is 16.7 Å². The van der Waals surface area contributed by atoms with Crippen molar-refractivity contribution < 1.29 is 4.74 Å². The average molecular weight is 281 g/mol. The number of aryl methyl sites for hydroxylation is 1. The van der Waals surface area contributed by atoms with Crippen LogP contribution >= 0.6 is 11.6 Å². The van der Waals surface area contributed by atoms with Crippen LogP contribution < -0.4 is 4.74 Å². The molecule has 1 unspecified atom stereocenters. The van der Waals surface area contributed by atoms with E-state index < -0.39 is 0 Å². The number of hydrogen-bond acceptors (Lipinski definition) is 2. The summed E-state index contributed by atoms with van der Waals surface area (Å²) in [6, 6.07) is 6.02. The molecule has 1 atom stereocenters. The van der Waals surface area contributed by atoms with E-state index in [0.29, 0.717) is 0 Å². The maximum atomic E-state index is 6.26. The first-order valence-corrected chi connectivity index (χ1v) is 7.29. The second-order valence-electron chi connectivity index (χ2n) is 4.77. The monoisotopic (exact) mass is 280 g/mol. The summed E-state index contributed by atoms with van der Waals surface area (Å²) in [7, 11) is 1.68. The first-order chi connectivity index (χ1) is 9.19. The Kier molecular flexibility index (Phi) is 4.70. The van der Waals surface area contributed by atoms with Crippen molar-refractivity contribution in [2.45, 2.75) is 45.0 Å². The number of para-hydroxylation sites is 1. The molecular weight excluding hydrogens is 260 g/mol. The number of alkyl halides is 1. The summed E-state index contributed by atoms with van der Waals surface area (Å²) in [5.41, 5.74) is 2.02. The minimum Gasteiger partial charge on any atom is -0.494 e. The number of aromatic nitrogens is 2. The highest BCUT2D eigenvalue weighted by Crippen LogP contribution is 2.30. The van der Waals surface area contributed by atoms with E-state index >= 15 is 0 Å². The van der Waals surface area contributed by atoms with Gasteiger partial charge in [0.05, 0.1) is 18.0 Å². The lowest BCUT2D eigenvalue weighted by atomic mass is 10.2. The van der Waals surface area contributed by atoms with E-state index in [9.17, 15) is 0 Å². The van der Waals surface area contributed by atoms with Gasteiger partial charge in [0, 0.05) is 6.54 Å². The second kappa shape index (κ2) is 6.29. The smallest absolute Gasteiger partial charge is 0.146 e. The van der Waals surface area contributed by atoms with Gasteiger partial charge in [-0.15, -0.1) is 11.6 Å². The highest BCUT2D eigenvalue weighted by Gasteiger charge is 2.16. The Hall–Kier alpha value is -1.22. The van der Waals surface area contributed by atoms with E-state index in [-0.39, 0.29) is 5.38 Å². The molecule has 0 N–H and O–H groups in total. The number of benzene rings is 1. The molecule has 0 spiro atoms. The van der Waals surface area contributed by atoms with Crippen molar-refractivity contribution in [3.05, 3.63) is 24.0 Å². The molecule has 1 aromatic heterocycles. The van der Waals surface area contributed by atoms with Crippen LogP contribution in [0.2, 0.25) is 0 Å². The number of imidazole rings is 1. The van der Waals surface area contributed by atoms with Crippen LogP contribution in [0.15, 0.2) is 18.2 Å². The SMILES string of the molecule is CCCCCn1c(C(C)Cl)nc2c(OC)cccc21. The fourth-order valence-electron chi connectivity index (χ4n) is 2.36. The summed E-state index contributed by atoms with van der Waals surface area (Å²) >= 11 is 6.26. The van der Waals surface area contributed by atoms with Gasteiger partial charge in [0.25, 0.3) is 0 Å². The van der Waals surface area contributed by atoms with E-state index in [0.717, 1.165) is 35.6 Å². The van der Waals surface area contributed by atoms with Crippen molar-refractivity contribution in [1.82, 2.24) is 9.55 Å². The summed E-state index contributed by atoms with van der Waals surface area (Å²) in [5.74, 6) is 1.74. The summed E-state index contributed by atoms with van der Waals surface area (Å²) in [6.07, 6.45) is 3.58. The largest absolute Gasteiger partial charge is 0.494 e. The fourth-order valence-corrected chi connectivity index (χ4v) is 2.53. The zero-order chi connectivity index (χ0) is 13.8. The summed E-state index contributed by atoms with van der Waals surface area (Å²) in [5, 5.41) is -0.0984. The zero-order valence-corrected chi connectivity index (χ0v) is 12.6. The van der Waals surface area contributed by atoms with Gasteiger partial charge in [-0.1, -0.05) is 25.8 Å². The van der Waals surface area contributed by atoms with Gasteiger partial charge in [-0.25, -0.2) is 4.98 Å². The van der Waals surface area contributed by atoms with E-state index in [1.54, 1.807) is 7.11 Å². The van der Waals surface area contributed by atoms with Crippen molar-refractivity contribution in [3.8, 4) is 5.75 Å². The molecule has 0 aliphatic rings. The van der Waals surface area contributed by atoms with Crippen molar-refractivity contribution in [2.75, 3.05) is 7.11 Å². The number of halogens is 1. The molecule has 0 aliphatic heterocycles. The topological polar surface area (TPSA) is 27.1 Å². The predicted molar refractivity (Wildman–Crippen MR) is 80.1 cm³/mol. The molecule has 104 valence electrons. The summed E-state index contributed by atoms with van der Waals surface area (Å²) in [6.45, 7) is 5.13. The molecule has 3 nitrogen and oxygen atoms in total. The summed E-state index contributed by atoms with van der Waals surface area (Å²) in [4.78, 5) is 4.67. The van der Waals surface area contributed by atoms with Gasteiger partial charge in [-0.05, 0) is 25.5 Å². The molecule has 1 aromatic carbocycles. The van der Waals surface area contributed by atoms with Gasteiger partial charge >= 0.3 is 0 Å². The van der Waals surface area contributed by atoms with Crippen LogP contribution in [0, 0.1) is 0 Å². The van der Waals surface area contributed by atoms with Crippen molar-refractivity contribution in [3.63, 3.8) is 0 Å². The van der Waals surface area contributed by atoms with Gasteiger partial charge in [0.2, 0.25) is 0 Å². The minimum atomic E-state index is -0.0984. The minimum absolute atomic E-state index is 0.0984.